The van der Waals surface area contributed by atoms with E-state index in [9.17, 15) is 34.2 Å². The van der Waals surface area contributed by atoms with Crippen LogP contribution in [0.3, 0.4) is 0 Å². The number of phenolic OH excluding ortho intramolecular Hbond substituents is 1. The molecule has 1 aromatic rings. The Morgan fingerprint density at radius 3 is 2.23 bits per heavy atom. The Morgan fingerprint density at radius 1 is 1.00 bits per heavy atom. The predicted molar refractivity (Wildman–Crippen MR) is 165 cm³/mol. The molecule has 0 aromatic heterocycles. The third-order valence-corrected chi connectivity index (χ3v) is 8.00. The summed E-state index contributed by atoms with van der Waals surface area (Å²) in [6, 6.07) is 1.22. The lowest BCUT2D eigenvalue weighted by Crippen LogP contribution is -2.59. The summed E-state index contributed by atoms with van der Waals surface area (Å²) in [7, 11) is 0. The molecule has 9 N–H and O–H groups in total. The van der Waals surface area contributed by atoms with Crippen LogP contribution in [0.4, 0.5) is 0 Å². The fraction of sp³-hybridized carbons (Fsp3) is 0.645. The average molecular weight is 619 g/mol. The fourth-order valence-corrected chi connectivity index (χ4v) is 5.23. The number of hydrogen-bond acceptors (Lipinski definition) is 8. The van der Waals surface area contributed by atoms with Crippen LogP contribution in [0.15, 0.2) is 24.3 Å². The molecule has 1 aromatic carbocycles. The second kappa shape index (κ2) is 17.6. The number of carboxylic acid groups (broad SMARTS) is 1. The summed E-state index contributed by atoms with van der Waals surface area (Å²) in [5.74, 6) is -3.62. The third-order valence-electron chi connectivity index (χ3n) is 8.00. The zero-order valence-electron chi connectivity index (χ0n) is 26.3. The average Bonchev–Trinajstić information content (AvgIpc) is 3.48. The number of rotatable bonds is 17. The van der Waals surface area contributed by atoms with Crippen molar-refractivity contribution in [1.29, 1.82) is 0 Å². The minimum atomic E-state index is -1.17. The topological polar surface area (TPSA) is 217 Å². The molecule has 246 valence electrons. The van der Waals surface area contributed by atoms with Gasteiger partial charge in [0.15, 0.2) is 0 Å². The molecule has 2 rings (SSSR count). The highest BCUT2D eigenvalue weighted by Crippen LogP contribution is 2.20. The number of carboxylic acids is 1. The smallest absolute Gasteiger partial charge is 0.326 e. The highest BCUT2D eigenvalue weighted by Gasteiger charge is 2.38. The molecule has 1 heterocycles. The number of phenols is 1. The third kappa shape index (κ3) is 10.8. The van der Waals surface area contributed by atoms with Gasteiger partial charge in [-0.05, 0) is 68.2 Å². The van der Waals surface area contributed by atoms with E-state index >= 15 is 0 Å². The zero-order chi connectivity index (χ0) is 33.0. The first-order chi connectivity index (χ1) is 20.8. The first-order valence-electron chi connectivity index (χ1n) is 15.5. The Bertz CT molecular complexity index is 1130. The maximum atomic E-state index is 13.8. The summed E-state index contributed by atoms with van der Waals surface area (Å²) in [5, 5.41) is 27.4. The van der Waals surface area contributed by atoms with Crippen molar-refractivity contribution in [2.24, 2.45) is 23.3 Å². The van der Waals surface area contributed by atoms with E-state index in [1.807, 2.05) is 20.8 Å². The van der Waals surface area contributed by atoms with Crippen molar-refractivity contribution >= 4 is 29.6 Å². The summed E-state index contributed by atoms with van der Waals surface area (Å²) >= 11 is 0. The number of aliphatic carboxylic acids is 1. The van der Waals surface area contributed by atoms with Gasteiger partial charge >= 0.3 is 5.97 Å². The largest absolute Gasteiger partial charge is 0.508 e. The second-order valence-corrected chi connectivity index (χ2v) is 12.1. The summed E-state index contributed by atoms with van der Waals surface area (Å²) < 4.78 is 0. The van der Waals surface area contributed by atoms with Gasteiger partial charge in [0.2, 0.25) is 23.6 Å². The molecule has 0 unspecified atom stereocenters. The van der Waals surface area contributed by atoms with Crippen LogP contribution in [0, 0.1) is 11.8 Å². The SMILES string of the molecule is CC[C@@H](C)[C@H](NC(=O)[C@H](Cc1ccc(O)cc1)NC(=O)[C@@H]1CCCN1C(=O)[C@@H](N)CCCN)C(=O)N[C@@H](CC(C)C)C(=O)O. The number of aromatic hydroxyl groups is 1. The molecular formula is C31H50N6O7. The minimum Gasteiger partial charge on any atom is -0.508 e. The Balaban J connectivity index is 2.29. The van der Waals surface area contributed by atoms with Crippen LogP contribution in [0.2, 0.25) is 0 Å². The van der Waals surface area contributed by atoms with Crippen LogP contribution < -0.4 is 27.4 Å². The number of amides is 4. The summed E-state index contributed by atoms with van der Waals surface area (Å²) in [6.07, 6.45) is 2.73. The van der Waals surface area contributed by atoms with E-state index in [4.69, 9.17) is 11.5 Å². The predicted octanol–water partition coefficient (Wildman–Crippen LogP) is 0.623. The van der Waals surface area contributed by atoms with E-state index in [2.05, 4.69) is 16.0 Å². The normalized spacial score (nSPS) is 18.2. The maximum Gasteiger partial charge on any atom is 0.326 e. The van der Waals surface area contributed by atoms with Crippen molar-refractivity contribution in [2.75, 3.05) is 13.1 Å². The lowest BCUT2D eigenvalue weighted by Gasteiger charge is -2.30. The van der Waals surface area contributed by atoms with Gasteiger partial charge in [-0.1, -0.05) is 46.2 Å². The molecule has 0 aliphatic carbocycles. The monoisotopic (exact) mass is 618 g/mol. The molecule has 13 heteroatoms. The summed E-state index contributed by atoms with van der Waals surface area (Å²) in [6.45, 7) is 8.06. The number of carbonyl (C=O) groups is 5. The van der Waals surface area contributed by atoms with Gasteiger partial charge in [0.05, 0.1) is 6.04 Å². The number of hydrogen-bond donors (Lipinski definition) is 7. The van der Waals surface area contributed by atoms with E-state index in [1.165, 1.54) is 17.0 Å². The van der Waals surface area contributed by atoms with Gasteiger partial charge in [0.25, 0.3) is 0 Å². The van der Waals surface area contributed by atoms with Gasteiger partial charge in [0, 0.05) is 13.0 Å². The standard InChI is InChI=1S/C31H50N6O7/c1-5-19(4)26(29(41)35-24(31(43)44)16-18(2)3)36-27(39)23(17-20-10-12-21(38)13-11-20)34-28(40)25-9-7-15-37(25)30(42)22(33)8-6-14-32/h10-13,18-19,22-26,38H,5-9,14-17,32-33H2,1-4H3,(H,34,40)(H,35,41)(H,36,39)(H,43,44)/t19-,22+,23+,24+,25+,26+/m1/s1. The van der Waals surface area contributed by atoms with Gasteiger partial charge in [-0.2, -0.15) is 0 Å². The van der Waals surface area contributed by atoms with E-state index in [-0.39, 0.29) is 36.3 Å². The van der Waals surface area contributed by atoms with Crippen molar-refractivity contribution in [1.82, 2.24) is 20.9 Å². The second-order valence-electron chi connectivity index (χ2n) is 12.1. The maximum absolute atomic E-state index is 13.8. The van der Waals surface area contributed by atoms with Crippen molar-refractivity contribution in [3.05, 3.63) is 29.8 Å². The van der Waals surface area contributed by atoms with Crippen LogP contribution in [-0.2, 0) is 30.4 Å². The van der Waals surface area contributed by atoms with Gasteiger partial charge in [-0.3, -0.25) is 19.2 Å². The van der Waals surface area contributed by atoms with E-state index in [0.29, 0.717) is 50.8 Å². The summed E-state index contributed by atoms with van der Waals surface area (Å²) in [4.78, 5) is 66.9. The van der Waals surface area contributed by atoms with Gasteiger partial charge in [-0.25, -0.2) is 4.79 Å². The highest BCUT2D eigenvalue weighted by atomic mass is 16.4. The van der Waals surface area contributed by atoms with Crippen LogP contribution in [0.5, 0.6) is 5.75 Å². The molecule has 13 nitrogen and oxygen atoms in total. The number of nitrogens with two attached hydrogens (primary N) is 2. The van der Waals surface area contributed by atoms with Crippen LogP contribution in [0.25, 0.3) is 0 Å². The van der Waals surface area contributed by atoms with Crippen molar-refractivity contribution in [3.8, 4) is 5.75 Å². The number of carbonyl (C=O) groups excluding carboxylic acids is 4. The molecule has 44 heavy (non-hydrogen) atoms. The Kier molecular flexibility index (Phi) is 14.6. The molecule has 4 amide bonds. The van der Waals surface area contributed by atoms with E-state index in [0.717, 1.165) is 0 Å². The Hall–Kier alpha value is -3.71. The molecule has 0 saturated carbocycles. The van der Waals surface area contributed by atoms with Crippen molar-refractivity contribution in [3.63, 3.8) is 0 Å². The van der Waals surface area contributed by atoms with Crippen LogP contribution >= 0.6 is 0 Å². The van der Waals surface area contributed by atoms with Crippen molar-refractivity contribution < 1.29 is 34.2 Å². The minimum absolute atomic E-state index is 0.00943. The van der Waals surface area contributed by atoms with E-state index in [1.54, 1.807) is 19.1 Å². The Labute approximate surface area is 259 Å². The first kappa shape index (κ1) is 36.5. The summed E-state index contributed by atoms with van der Waals surface area (Å²) in [5.41, 5.74) is 12.3. The molecule has 0 spiro atoms. The van der Waals surface area contributed by atoms with E-state index < -0.39 is 53.9 Å². The van der Waals surface area contributed by atoms with Gasteiger partial charge in [0.1, 0.15) is 29.9 Å². The highest BCUT2D eigenvalue weighted by molar-refractivity contribution is 5.95. The lowest BCUT2D eigenvalue weighted by molar-refractivity contribution is -0.143. The molecule has 0 radical (unpaired) electrons. The number of likely N-dealkylation sites (tertiary alicyclic amines) is 1. The molecule has 6 atom stereocenters. The molecular weight excluding hydrogens is 568 g/mol. The zero-order valence-corrected chi connectivity index (χ0v) is 26.3. The molecule has 1 fully saturated rings. The van der Waals surface area contributed by atoms with Crippen LogP contribution in [-0.4, -0.2) is 88.0 Å². The number of nitrogens with zero attached hydrogens (tertiary/aromatic N) is 1. The molecule has 0 bridgehead atoms. The molecule has 1 saturated heterocycles. The lowest BCUT2D eigenvalue weighted by atomic mass is 9.96. The van der Waals surface area contributed by atoms with Crippen molar-refractivity contribution in [2.45, 2.75) is 103 Å². The quantitative estimate of drug-likeness (QED) is 0.130. The molecule has 1 aliphatic heterocycles. The first-order valence-corrected chi connectivity index (χ1v) is 15.5. The Morgan fingerprint density at radius 2 is 1.66 bits per heavy atom. The fourth-order valence-electron chi connectivity index (χ4n) is 5.23. The van der Waals surface area contributed by atoms with Crippen LogP contribution in [0.1, 0.15) is 71.8 Å². The van der Waals surface area contributed by atoms with Gasteiger partial charge < -0.3 is 42.5 Å². The number of nitrogens with one attached hydrogen (secondary N) is 3. The molecule has 1 aliphatic rings. The van der Waals surface area contributed by atoms with Gasteiger partial charge in [-0.15, -0.1) is 0 Å². The number of benzene rings is 1.